The van der Waals surface area contributed by atoms with Gasteiger partial charge in [0.05, 0.1) is 0 Å². The fraction of sp³-hybridized carbons (Fsp3) is 1.00. The van der Waals surface area contributed by atoms with E-state index in [2.05, 4.69) is 15.1 Å². The van der Waals surface area contributed by atoms with Gasteiger partial charge in [-0.3, -0.25) is 4.90 Å². The largest absolute Gasteiger partial charge is 0.314 e. The van der Waals surface area contributed by atoms with Gasteiger partial charge in [0.1, 0.15) is 0 Å². The van der Waals surface area contributed by atoms with Crippen LogP contribution < -0.4 is 5.32 Å². The molecule has 3 aliphatic rings. The third-order valence-corrected chi connectivity index (χ3v) is 4.16. The molecule has 3 nitrogen and oxygen atoms in total. The zero-order valence-corrected chi connectivity index (χ0v) is 9.62. The Morgan fingerprint density at radius 2 is 1.80 bits per heavy atom. The van der Waals surface area contributed by atoms with E-state index < -0.39 is 0 Å². The maximum Gasteiger partial charge on any atom is 0.0351 e. The molecule has 0 unspecified atom stereocenters. The first-order valence-corrected chi connectivity index (χ1v) is 6.59. The molecule has 1 saturated carbocycles. The van der Waals surface area contributed by atoms with Crippen molar-refractivity contribution in [2.75, 3.05) is 45.8 Å². The lowest BCUT2D eigenvalue weighted by Gasteiger charge is -2.47. The van der Waals surface area contributed by atoms with E-state index in [0.717, 1.165) is 12.0 Å². The maximum absolute atomic E-state index is 3.42. The Kier molecular flexibility index (Phi) is 2.95. The molecule has 15 heavy (non-hydrogen) atoms. The van der Waals surface area contributed by atoms with E-state index in [1.807, 2.05) is 0 Å². The fourth-order valence-corrected chi connectivity index (χ4v) is 2.78. The monoisotopic (exact) mass is 209 g/mol. The highest BCUT2D eigenvalue weighted by molar-refractivity contribution is 4.90. The van der Waals surface area contributed by atoms with Crippen LogP contribution in [0.2, 0.25) is 0 Å². The lowest BCUT2D eigenvalue weighted by atomic mass is 10.1. The lowest BCUT2D eigenvalue weighted by molar-refractivity contribution is 0.0260. The van der Waals surface area contributed by atoms with Crippen LogP contribution in [0, 0.1) is 5.92 Å². The topological polar surface area (TPSA) is 18.5 Å². The number of hydrogen-bond donors (Lipinski definition) is 1. The summed E-state index contributed by atoms with van der Waals surface area (Å²) in [5, 5.41) is 3.42. The van der Waals surface area contributed by atoms with Crippen molar-refractivity contribution in [2.24, 2.45) is 5.92 Å². The smallest absolute Gasteiger partial charge is 0.0351 e. The Morgan fingerprint density at radius 1 is 1.07 bits per heavy atom. The number of nitrogens with one attached hydrogen (secondary N) is 1. The van der Waals surface area contributed by atoms with Crippen LogP contribution in [-0.4, -0.2) is 61.7 Å². The lowest BCUT2D eigenvalue weighted by Crippen LogP contribution is -2.62. The molecule has 0 radical (unpaired) electrons. The van der Waals surface area contributed by atoms with Crippen LogP contribution in [0.5, 0.6) is 0 Å². The number of hydrogen-bond acceptors (Lipinski definition) is 3. The number of rotatable bonds is 4. The van der Waals surface area contributed by atoms with Crippen molar-refractivity contribution in [3.8, 4) is 0 Å². The summed E-state index contributed by atoms with van der Waals surface area (Å²) < 4.78 is 0. The Labute approximate surface area is 92.8 Å². The highest BCUT2D eigenvalue weighted by atomic mass is 15.3. The van der Waals surface area contributed by atoms with Crippen LogP contribution in [0.25, 0.3) is 0 Å². The highest BCUT2D eigenvalue weighted by Gasteiger charge is 2.32. The van der Waals surface area contributed by atoms with Crippen molar-refractivity contribution >= 4 is 0 Å². The third kappa shape index (κ3) is 2.52. The van der Waals surface area contributed by atoms with E-state index >= 15 is 0 Å². The minimum Gasteiger partial charge on any atom is -0.314 e. The predicted octanol–water partition coefficient (Wildman–Crippen LogP) is 0.376. The van der Waals surface area contributed by atoms with Gasteiger partial charge in [-0.1, -0.05) is 12.8 Å². The molecule has 3 rings (SSSR count). The van der Waals surface area contributed by atoms with Crippen molar-refractivity contribution in [3.63, 3.8) is 0 Å². The van der Waals surface area contributed by atoms with E-state index in [0.29, 0.717) is 0 Å². The molecule has 0 bridgehead atoms. The summed E-state index contributed by atoms with van der Waals surface area (Å²) in [6.07, 6.45) is 4.48. The summed E-state index contributed by atoms with van der Waals surface area (Å²) in [6, 6.07) is 0.881. The molecule has 0 amide bonds. The predicted molar refractivity (Wildman–Crippen MR) is 62.0 cm³/mol. The second-order valence-electron chi connectivity index (χ2n) is 5.43. The molecule has 86 valence electrons. The van der Waals surface area contributed by atoms with Crippen LogP contribution in [-0.2, 0) is 0 Å². The van der Waals surface area contributed by atoms with Gasteiger partial charge in [0.2, 0.25) is 0 Å². The number of nitrogens with zero attached hydrogens (tertiary/aromatic N) is 2. The van der Waals surface area contributed by atoms with E-state index in [1.165, 1.54) is 65.1 Å². The van der Waals surface area contributed by atoms with Gasteiger partial charge in [-0.15, -0.1) is 0 Å². The standard InChI is InChI=1S/C12H23N3/c1-2-11(1)3-6-14-9-12(10-14)15-7-4-13-5-8-15/h11-13H,1-10H2. The Balaban J connectivity index is 1.33. The zero-order chi connectivity index (χ0) is 10.1. The van der Waals surface area contributed by atoms with Crippen molar-refractivity contribution in [2.45, 2.75) is 25.3 Å². The molecule has 1 N–H and O–H groups in total. The SMILES string of the molecule is C1CN(C2CN(CCC3CC3)C2)CCN1. The van der Waals surface area contributed by atoms with Gasteiger partial charge in [0.15, 0.2) is 0 Å². The minimum atomic E-state index is 0.881. The Morgan fingerprint density at radius 3 is 2.47 bits per heavy atom. The molecule has 0 atom stereocenters. The van der Waals surface area contributed by atoms with Crippen LogP contribution in [0.3, 0.4) is 0 Å². The molecule has 0 aromatic rings. The van der Waals surface area contributed by atoms with Crippen LogP contribution in [0.1, 0.15) is 19.3 Å². The average molecular weight is 209 g/mol. The number of piperazine rings is 1. The molecule has 1 aliphatic carbocycles. The zero-order valence-electron chi connectivity index (χ0n) is 9.62. The summed E-state index contributed by atoms with van der Waals surface area (Å²) in [7, 11) is 0. The van der Waals surface area contributed by atoms with E-state index in [4.69, 9.17) is 0 Å². The third-order valence-electron chi connectivity index (χ3n) is 4.16. The van der Waals surface area contributed by atoms with Gasteiger partial charge in [-0.2, -0.15) is 0 Å². The van der Waals surface area contributed by atoms with E-state index in [1.54, 1.807) is 0 Å². The van der Waals surface area contributed by atoms with Crippen molar-refractivity contribution < 1.29 is 0 Å². The molecular formula is C12H23N3. The molecule has 2 saturated heterocycles. The summed E-state index contributed by atoms with van der Waals surface area (Å²) in [5.41, 5.74) is 0. The molecule has 3 fully saturated rings. The quantitative estimate of drug-likeness (QED) is 0.722. The molecule has 2 heterocycles. The summed E-state index contributed by atoms with van der Waals surface area (Å²) in [5.74, 6) is 1.10. The molecule has 0 spiro atoms. The highest BCUT2D eigenvalue weighted by Crippen LogP contribution is 2.33. The average Bonchev–Trinajstić information content (AvgIpc) is 3.01. The van der Waals surface area contributed by atoms with Crippen molar-refractivity contribution in [1.82, 2.24) is 15.1 Å². The first-order valence-electron chi connectivity index (χ1n) is 6.59. The second kappa shape index (κ2) is 4.40. The Hall–Kier alpha value is -0.120. The van der Waals surface area contributed by atoms with Crippen LogP contribution in [0.4, 0.5) is 0 Å². The summed E-state index contributed by atoms with van der Waals surface area (Å²) in [4.78, 5) is 5.31. The molecule has 3 heteroatoms. The van der Waals surface area contributed by atoms with Crippen molar-refractivity contribution in [3.05, 3.63) is 0 Å². The van der Waals surface area contributed by atoms with Gasteiger partial charge in [-0.25, -0.2) is 0 Å². The normalized spacial score (nSPS) is 30.4. The van der Waals surface area contributed by atoms with Crippen LogP contribution in [0.15, 0.2) is 0 Å². The first kappa shape index (κ1) is 10.1. The van der Waals surface area contributed by atoms with Crippen molar-refractivity contribution in [1.29, 1.82) is 0 Å². The second-order valence-corrected chi connectivity index (χ2v) is 5.43. The molecule has 2 aliphatic heterocycles. The molecular weight excluding hydrogens is 186 g/mol. The van der Waals surface area contributed by atoms with Gasteiger partial charge in [0.25, 0.3) is 0 Å². The number of likely N-dealkylation sites (tertiary alicyclic amines) is 1. The van der Waals surface area contributed by atoms with Gasteiger partial charge < -0.3 is 10.2 Å². The summed E-state index contributed by atoms with van der Waals surface area (Å²) in [6.45, 7) is 8.96. The van der Waals surface area contributed by atoms with Gasteiger partial charge >= 0.3 is 0 Å². The summed E-state index contributed by atoms with van der Waals surface area (Å²) >= 11 is 0. The van der Waals surface area contributed by atoms with E-state index in [9.17, 15) is 0 Å². The molecule has 0 aromatic carbocycles. The fourth-order valence-electron chi connectivity index (χ4n) is 2.78. The van der Waals surface area contributed by atoms with Gasteiger partial charge in [-0.05, 0) is 18.9 Å². The van der Waals surface area contributed by atoms with E-state index in [-0.39, 0.29) is 0 Å². The maximum atomic E-state index is 3.42. The van der Waals surface area contributed by atoms with Crippen LogP contribution >= 0.6 is 0 Å². The Bertz CT molecular complexity index is 203. The minimum absolute atomic E-state index is 0.881. The molecule has 0 aromatic heterocycles. The van der Waals surface area contributed by atoms with Gasteiger partial charge in [0, 0.05) is 45.3 Å². The first-order chi connectivity index (χ1) is 7.42.